The summed E-state index contributed by atoms with van der Waals surface area (Å²) in [7, 11) is -1.05. The third-order valence-electron chi connectivity index (χ3n) is 12.0. The van der Waals surface area contributed by atoms with Crippen LogP contribution in [0.4, 0.5) is 18.0 Å². The van der Waals surface area contributed by atoms with Gasteiger partial charge in [0.1, 0.15) is 23.4 Å². The van der Waals surface area contributed by atoms with E-state index in [2.05, 4.69) is 20.3 Å². The third-order valence-corrected chi connectivity index (χ3v) is 14.2. The molecule has 0 unspecified atom stereocenters. The van der Waals surface area contributed by atoms with Crippen LogP contribution in [0.5, 0.6) is 17.5 Å². The maximum absolute atomic E-state index is 14.7. The summed E-state index contributed by atoms with van der Waals surface area (Å²) < 4.78 is 97.8. The predicted octanol–water partition coefficient (Wildman–Crippen LogP) is 4.79. The van der Waals surface area contributed by atoms with Crippen molar-refractivity contribution in [2.75, 3.05) is 20.8 Å². The maximum atomic E-state index is 14.7. The van der Waals surface area contributed by atoms with Gasteiger partial charge in [0.15, 0.2) is 0 Å². The standard InChI is InChI=1S/C40H50F3N5O10S/c1-7-30-32(45-36(51)58-37(2,3)40(41,42)43)28-18-25(56-30)11-9-8-10-23-20-39(23,35(50)47-59(52,53)38(4)14-15-38)46-33(49)29-19-26(21-48(28)29)57-34-27-13-12-24(54-5)16-22(27)17-31(44-34)55-6/h8,10,12-13,16-18,23,25-26,29-30,32H,7,9,11,14-15,19-21H2,1-6H3,(H,45,51)(H,46,49)(H,47,50)/b10-8-/t23-,25+,26-,29+,30+,32-,39-/m1/s1. The van der Waals surface area contributed by atoms with Crippen molar-refractivity contribution < 1.29 is 59.7 Å². The first kappa shape index (κ1) is 42.3. The van der Waals surface area contributed by atoms with Crippen LogP contribution in [-0.2, 0) is 29.1 Å². The van der Waals surface area contributed by atoms with E-state index >= 15 is 0 Å². The first-order chi connectivity index (χ1) is 27.7. The Hall–Kier alpha value is -4.78. The largest absolute Gasteiger partial charge is 0.497 e. The molecule has 3 amide bonds. The van der Waals surface area contributed by atoms with Crippen molar-refractivity contribution in [2.24, 2.45) is 5.92 Å². The summed E-state index contributed by atoms with van der Waals surface area (Å²) in [5.74, 6) is -0.947. The molecule has 2 bridgehead atoms. The fourth-order valence-electron chi connectivity index (χ4n) is 7.86. The van der Waals surface area contributed by atoms with Gasteiger partial charge in [0, 0.05) is 29.5 Å². The molecule has 1 saturated heterocycles. The second-order valence-corrected chi connectivity index (χ2v) is 18.8. The molecule has 1 aromatic heterocycles. The van der Waals surface area contributed by atoms with E-state index in [0.717, 1.165) is 13.8 Å². The molecule has 19 heteroatoms. The Morgan fingerprint density at radius 3 is 2.54 bits per heavy atom. The quantitative estimate of drug-likeness (QED) is 0.279. The van der Waals surface area contributed by atoms with Crippen molar-refractivity contribution in [1.29, 1.82) is 0 Å². The minimum atomic E-state index is -4.87. The highest BCUT2D eigenvalue weighted by Gasteiger charge is 2.63. The lowest BCUT2D eigenvalue weighted by Gasteiger charge is -2.42. The highest BCUT2D eigenvalue weighted by Crippen LogP contribution is 2.48. The van der Waals surface area contributed by atoms with Gasteiger partial charge in [-0.1, -0.05) is 19.1 Å². The number of hydrogen-bond acceptors (Lipinski definition) is 12. The molecule has 59 heavy (non-hydrogen) atoms. The lowest BCUT2D eigenvalue weighted by Crippen LogP contribution is -2.59. The number of allylic oxidation sites excluding steroid dienone is 1. The Bertz CT molecular complexity index is 2170. The molecule has 3 fully saturated rings. The molecule has 5 aliphatic rings. The van der Waals surface area contributed by atoms with Crippen LogP contribution in [0.3, 0.4) is 0 Å². The number of alkyl halides is 3. The lowest BCUT2D eigenvalue weighted by molar-refractivity contribution is -0.244. The summed E-state index contributed by atoms with van der Waals surface area (Å²) >= 11 is 0. The van der Waals surface area contributed by atoms with Gasteiger partial charge in [-0.2, -0.15) is 18.2 Å². The fraction of sp³-hybridized carbons (Fsp3) is 0.600. The molecule has 7 rings (SSSR count). The Balaban J connectivity index is 1.26. The molecule has 7 atom stereocenters. The molecule has 2 aliphatic carbocycles. The van der Waals surface area contributed by atoms with Gasteiger partial charge >= 0.3 is 12.3 Å². The summed E-state index contributed by atoms with van der Waals surface area (Å²) in [4.78, 5) is 48.3. The van der Waals surface area contributed by atoms with Crippen molar-refractivity contribution in [2.45, 2.75) is 125 Å². The van der Waals surface area contributed by atoms with E-state index < -0.39 is 86.3 Å². The zero-order valence-electron chi connectivity index (χ0n) is 33.7. The summed E-state index contributed by atoms with van der Waals surface area (Å²) in [5, 5.41) is 6.83. The first-order valence-corrected chi connectivity index (χ1v) is 21.2. The molecule has 2 saturated carbocycles. The van der Waals surface area contributed by atoms with Crippen LogP contribution in [0.15, 0.2) is 48.2 Å². The number of halogens is 3. The number of methoxy groups -OCH3 is 2. The number of nitrogens with one attached hydrogen (secondary N) is 3. The molecule has 322 valence electrons. The smallest absolute Gasteiger partial charge is 0.427 e. The number of hydrogen-bond donors (Lipinski definition) is 3. The number of ether oxygens (including phenoxy) is 5. The van der Waals surface area contributed by atoms with Crippen LogP contribution in [0.1, 0.15) is 72.6 Å². The monoisotopic (exact) mass is 849 g/mol. The highest BCUT2D eigenvalue weighted by molar-refractivity contribution is 7.91. The Morgan fingerprint density at radius 1 is 1.14 bits per heavy atom. The number of amides is 3. The van der Waals surface area contributed by atoms with Crippen LogP contribution in [0.2, 0.25) is 0 Å². The minimum Gasteiger partial charge on any atom is -0.497 e. The Kier molecular flexibility index (Phi) is 11.0. The van der Waals surface area contributed by atoms with E-state index in [-0.39, 0.29) is 31.1 Å². The second-order valence-electron chi connectivity index (χ2n) is 16.6. The predicted molar refractivity (Wildman–Crippen MR) is 207 cm³/mol. The summed E-state index contributed by atoms with van der Waals surface area (Å²) in [6, 6.07) is 4.85. The van der Waals surface area contributed by atoms with E-state index in [1.54, 1.807) is 55.2 Å². The molecular weight excluding hydrogens is 800 g/mol. The van der Waals surface area contributed by atoms with Crippen molar-refractivity contribution in [3.8, 4) is 17.5 Å². The molecule has 15 nitrogen and oxygen atoms in total. The van der Waals surface area contributed by atoms with Crippen LogP contribution in [0.25, 0.3) is 10.8 Å². The number of fused-ring (bicyclic) bond motifs is 5. The van der Waals surface area contributed by atoms with Crippen LogP contribution >= 0.6 is 0 Å². The number of sulfonamides is 1. The van der Waals surface area contributed by atoms with Crippen LogP contribution in [-0.4, -0.2) is 109 Å². The zero-order valence-corrected chi connectivity index (χ0v) is 34.5. The van der Waals surface area contributed by atoms with Gasteiger partial charge in [-0.3, -0.25) is 14.3 Å². The van der Waals surface area contributed by atoms with Gasteiger partial charge in [-0.15, -0.1) is 0 Å². The number of pyridine rings is 1. The first-order valence-electron chi connectivity index (χ1n) is 19.7. The van der Waals surface area contributed by atoms with Gasteiger partial charge in [0.2, 0.25) is 33.3 Å². The lowest BCUT2D eigenvalue weighted by atomic mass is 9.96. The molecule has 3 aliphatic heterocycles. The molecule has 1 aromatic carbocycles. The van der Waals surface area contributed by atoms with Gasteiger partial charge < -0.3 is 39.2 Å². The van der Waals surface area contributed by atoms with E-state index in [1.165, 1.54) is 14.2 Å². The number of carbonyl (C=O) groups is 3. The average molecular weight is 850 g/mol. The number of benzene rings is 1. The van der Waals surface area contributed by atoms with Gasteiger partial charge in [0.05, 0.1) is 43.8 Å². The number of aromatic nitrogens is 1. The molecular formula is C40H50F3N5O10S. The average Bonchev–Trinajstić information content (AvgIpc) is 4.05. The summed E-state index contributed by atoms with van der Waals surface area (Å²) in [5.41, 5.74) is -4.02. The van der Waals surface area contributed by atoms with Gasteiger partial charge in [-0.25, -0.2) is 13.2 Å². The zero-order chi connectivity index (χ0) is 42.7. The maximum Gasteiger partial charge on any atom is 0.427 e. The van der Waals surface area contributed by atoms with E-state index in [1.807, 2.05) is 6.08 Å². The number of carbonyl (C=O) groups excluding carboxylic acids is 3. The Morgan fingerprint density at radius 2 is 1.88 bits per heavy atom. The van der Waals surface area contributed by atoms with Gasteiger partial charge in [-0.05, 0) is 89.0 Å². The van der Waals surface area contributed by atoms with E-state index in [4.69, 9.17) is 23.7 Å². The second kappa shape index (κ2) is 15.4. The van der Waals surface area contributed by atoms with Crippen molar-refractivity contribution >= 4 is 38.7 Å². The summed E-state index contributed by atoms with van der Waals surface area (Å²) in [6.07, 6.45) is -0.664. The number of rotatable bonds is 10. The summed E-state index contributed by atoms with van der Waals surface area (Å²) in [6.45, 7) is 4.87. The number of alkyl carbamates (subject to hydrolysis) is 1. The molecule has 2 aromatic rings. The third kappa shape index (κ3) is 8.23. The fourth-order valence-corrected chi connectivity index (χ4v) is 9.17. The van der Waals surface area contributed by atoms with Crippen LogP contribution in [0, 0.1) is 5.92 Å². The number of nitrogens with zero attached hydrogens (tertiary/aromatic N) is 2. The minimum absolute atomic E-state index is 0.0227. The van der Waals surface area contributed by atoms with Crippen molar-refractivity contribution in [3.05, 3.63) is 48.2 Å². The van der Waals surface area contributed by atoms with E-state index in [9.17, 15) is 36.0 Å². The Labute approximate surface area is 340 Å². The SMILES string of the molecule is CC[C@@H]1O[C@@H]2C=C([C@H]1NC(=O)OC(C)(C)C(F)(F)F)N1C[C@H](Oc3nc(OC)cc4cc(OC)ccc34)C[C@H]1C(=O)N[C@]1(C(=O)NS(=O)(=O)C3(C)CC3)C[C@H]1/C=C\CC2. The van der Waals surface area contributed by atoms with Crippen molar-refractivity contribution in [3.63, 3.8) is 0 Å². The molecule has 0 spiro atoms. The van der Waals surface area contributed by atoms with E-state index in [0.29, 0.717) is 54.3 Å². The van der Waals surface area contributed by atoms with Crippen molar-refractivity contribution in [1.82, 2.24) is 25.2 Å². The van der Waals surface area contributed by atoms with Crippen LogP contribution < -0.4 is 29.6 Å². The normalized spacial score (nSPS) is 29.5. The van der Waals surface area contributed by atoms with Gasteiger partial charge in [0.25, 0.3) is 5.91 Å². The highest BCUT2D eigenvalue weighted by atomic mass is 32.2. The molecule has 4 heterocycles. The molecule has 0 radical (unpaired) electrons. The molecule has 3 N–H and O–H groups in total. The topological polar surface area (TPSA) is 184 Å².